The van der Waals surface area contributed by atoms with Gasteiger partial charge in [0.15, 0.2) is 11.2 Å². The van der Waals surface area contributed by atoms with Gasteiger partial charge in [0.25, 0.3) is 5.56 Å². The van der Waals surface area contributed by atoms with Crippen LogP contribution in [0.5, 0.6) is 0 Å². The number of nitrogens with one attached hydrogen (secondary N) is 1. The largest absolute Gasteiger partial charge is 0.343 e. The van der Waals surface area contributed by atoms with Crippen LogP contribution in [0.1, 0.15) is 19.3 Å². The first kappa shape index (κ1) is 21.5. The van der Waals surface area contributed by atoms with Crippen molar-refractivity contribution in [2.75, 3.05) is 18.4 Å². The van der Waals surface area contributed by atoms with Crippen LogP contribution in [0.4, 0.5) is 5.69 Å². The van der Waals surface area contributed by atoms with Gasteiger partial charge in [-0.3, -0.25) is 23.5 Å². The fourth-order valence-electron chi connectivity index (χ4n) is 4.10. The maximum absolute atomic E-state index is 12.7. The Morgan fingerprint density at radius 1 is 1.06 bits per heavy atom. The van der Waals surface area contributed by atoms with Crippen LogP contribution in [0.3, 0.4) is 0 Å². The highest BCUT2D eigenvalue weighted by atomic mass is 16.2. The van der Waals surface area contributed by atoms with Crippen LogP contribution in [0.2, 0.25) is 0 Å². The second-order valence-electron chi connectivity index (χ2n) is 8.08. The minimum absolute atomic E-state index is 0.0189. The highest BCUT2D eigenvalue weighted by molar-refractivity contribution is 5.92. The molecule has 0 bridgehead atoms. The quantitative estimate of drug-likeness (QED) is 0.630. The maximum Gasteiger partial charge on any atom is 0.332 e. The summed E-state index contributed by atoms with van der Waals surface area (Å²) in [6.45, 7) is 1.33. The van der Waals surface area contributed by atoms with E-state index in [1.165, 1.54) is 17.9 Å². The maximum atomic E-state index is 12.7. The van der Waals surface area contributed by atoms with E-state index in [-0.39, 0.29) is 30.7 Å². The van der Waals surface area contributed by atoms with Crippen molar-refractivity contribution in [3.05, 3.63) is 57.5 Å². The zero-order valence-electron chi connectivity index (χ0n) is 18.2. The number of carbonyl (C=O) groups excluding carboxylic acids is 2. The Labute approximate surface area is 184 Å². The van der Waals surface area contributed by atoms with E-state index in [2.05, 4.69) is 10.3 Å². The number of hydrogen-bond acceptors (Lipinski definition) is 5. The Kier molecular flexibility index (Phi) is 5.93. The molecule has 1 aromatic carbocycles. The van der Waals surface area contributed by atoms with Crippen LogP contribution in [-0.2, 0) is 30.2 Å². The molecule has 1 aliphatic rings. The number of piperidine rings is 1. The van der Waals surface area contributed by atoms with Crippen molar-refractivity contribution >= 4 is 28.7 Å². The first-order valence-corrected chi connectivity index (χ1v) is 10.6. The monoisotopic (exact) mass is 438 g/mol. The number of nitrogens with zero attached hydrogens (tertiary/aromatic N) is 5. The smallest absolute Gasteiger partial charge is 0.332 e. The number of amides is 2. The number of hydrogen-bond donors (Lipinski definition) is 1. The van der Waals surface area contributed by atoms with Crippen LogP contribution in [-0.4, -0.2) is 48.5 Å². The van der Waals surface area contributed by atoms with Gasteiger partial charge in [0.2, 0.25) is 11.8 Å². The summed E-state index contributed by atoms with van der Waals surface area (Å²) in [5.41, 5.74) is 0.503. The van der Waals surface area contributed by atoms with Crippen LogP contribution in [0.25, 0.3) is 11.2 Å². The van der Waals surface area contributed by atoms with E-state index in [4.69, 9.17) is 0 Å². The molecule has 0 unspecified atom stereocenters. The Hall–Kier alpha value is -3.69. The van der Waals surface area contributed by atoms with Crippen LogP contribution >= 0.6 is 0 Å². The number of aryl methyl sites for hydroxylation is 2. The Balaban J connectivity index is 1.35. The van der Waals surface area contributed by atoms with Crippen LogP contribution in [0.15, 0.2) is 46.2 Å². The molecule has 4 rings (SSSR count). The Bertz CT molecular complexity index is 1270. The molecule has 1 aliphatic heterocycles. The third-order valence-electron chi connectivity index (χ3n) is 6.04. The SMILES string of the molecule is Cn1c(=O)c2c(ncn2CCC(=O)N2CCC(C(=O)Nc3ccccc3)CC2)n(C)c1=O. The van der Waals surface area contributed by atoms with Gasteiger partial charge in [-0.2, -0.15) is 0 Å². The van der Waals surface area contributed by atoms with E-state index < -0.39 is 11.2 Å². The second kappa shape index (κ2) is 8.81. The second-order valence-corrected chi connectivity index (χ2v) is 8.08. The predicted octanol–water partition coefficient (Wildman–Crippen LogP) is 0.701. The van der Waals surface area contributed by atoms with Crippen molar-refractivity contribution in [3.8, 4) is 0 Å². The fraction of sp³-hybridized carbons (Fsp3) is 0.409. The van der Waals surface area contributed by atoms with Gasteiger partial charge in [0.05, 0.1) is 6.33 Å². The zero-order chi connectivity index (χ0) is 22.8. The summed E-state index contributed by atoms with van der Waals surface area (Å²) in [6.07, 6.45) is 2.92. The van der Waals surface area contributed by atoms with E-state index in [0.29, 0.717) is 37.1 Å². The number of para-hydroxylation sites is 1. The van der Waals surface area contributed by atoms with E-state index in [1.54, 1.807) is 16.5 Å². The topological polar surface area (TPSA) is 111 Å². The molecule has 2 amide bonds. The number of imidazole rings is 1. The third-order valence-corrected chi connectivity index (χ3v) is 6.04. The van der Waals surface area contributed by atoms with Crippen molar-refractivity contribution in [3.63, 3.8) is 0 Å². The summed E-state index contributed by atoms with van der Waals surface area (Å²) < 4.78 is 3.98. The van der Waals surface area contributed by atoms with E-state index >= 15 is 0 Å². The van der Waals surface area contributed by atoms with Gasteiger partial charge in [-0.15, -0.1) is 0 Å². The molecule has 0 saturated carbocycles. The van der Waals surface area contributed by atoms with Gasteiger partial charge in [0.1, 0.15) is 0 Å². The lowest BCUT2D eigenvalue weighted by atomic mass is 9.95. The summed E-state index contributed by atoms with van der Waals surface area (Å²) in [5, 5.41) is 2.93. The highest BCUT2D eigenvalue weighted by Gasteiger charge is 2.27. The highest BCUT2D eigenvalue weighted by Crippen LogP contribution is 2.20. The van der Waals surface area contributed by atoms with Gasteiger partial charge < -0.3 is 14.8 Å². The van der Waals surface area contributed by atoms with Gasteiger partial charge in [-0.05, 0) is 25.0 Å². The summed E-state index contributed by atoms with van der Waals surface area (Å²) in [6, 6.07) is 9.33. The van der Waals surface area contributed by atoms with Gasteiger partial charge >= 0.3 is 5.69 Å². The Morgan fingerprint density at radius 3 is 2.44 bits per heavy atom. The average Bonchev–Trinajstić information content (AvgIpc) is 3.24. The molecular formula is C22H26N6O4. The molecule has 168 valence electrons. The molecule has 1 fully saturated rings. The standard InChI is InChI=1S/C22H26N6O4/c1-25-19-18(21(31)26(2)22(25)32)28(14-23-19)13-10-17(29)27-11-8-15(9-12-27)20(30)24-16-6-4-3-5-7-16/h3-7,14-15H,8-13H2,1-2H3,(H,24,30). The number of benzene rings is 1. The molecule has 0 spiro atoms. The van der Waals surface area contributed by atoms with Crippen molar-refractivity contribution in [2.45, 2.75) is 25.8 Å². The van der Waals surface area contributed by atoms with Crippen molar-refractivity contribution < 1.29 is 9.59 Å². The molecule has 0 atom stereocenters. The molecule has 2 aromatic heterocycles. The number of fused-ring (bicyclic) bond motifs is 1. The molecule has 3 heterocycles. The molecule has 1 N–H and O–H groups in total. The zero-order valence-corrected chi connectivity index (χ0v) is 18.2. The van der Waals surface area contributed by atoms with Gasteiger partial charge in [-0.1, -0.05) is 18.2 Å². The number of aromatic nitrogens is 4. The van der Waals surface area contributed by atoms with Crippen LogP contribution < -0.4 is 16.6 Å². The third kappa shape index (κ3) is 4.08. The minimum Gasteiger partial charge on any atom is -0.343 e. The van der Waals surface area contributed by atoms with Crippen molar-refractivity contribution in [1.82, 2.24) is 23.6 Å². The molecule has 0 radical (unpaired) electrons. The minimum atomic E-state index is -0.442. The number of rotatable bonds is 5. The van der Waals surface area contributed by atoms with Crippen molar-refractivity contribution in [1.29, 1.82) is 0 Å². The van der Waals surface area contributed by atoms with Crippen LogP contribution in [0, 0.1) is 5.92 Å². The first-order valence-electron chi connectivity index (χ1n) is 10.6. The summed E-state index contributed by atoms with van der Waals surface area (Å²) in [7, 11) is 2.98. The molecule has 3 aromatic rings. The summed E-state index contributed by atoms with van der Waals surface area (Å²) in [4.78, 5) is 55.7. The molecule has 32 heavy (non-hydrogen) atoms. The number of likely N-dealkylation sites (tertiary alicyclic amines) is 1. The van der Waals surface area contributed by atoms with Crippen molar-refractivity contribution in [2.24, 2.45) is 20.0 Å². The molecular weight excluding hydrogens is 412 g/mol. The molecule has 1 saturated heterocycles. The van der Waals surface area contributed by atoms with E-state index in [9.17, 15) is 19.2 Å². The van der Waals surface area contributed by atoms with Gasteiger partial charge in [-0.25, -0.2) is 9.78 Å². The van der Waals surface area contributed by atoms with E-state index in [1.807, 2.05) is 30.3 Å². The summed E-state index contributed by atoms with van der Waals surface area (Å²) in [5.74, 6) is -0.175. The van der Waals surface area contributed by atoms with Gasteiger partial charge in [0, 0.05) is 51.8 Å². The summed E-state index contributed by atoms with van der Waals surface area (Å²) >= 11 is 0. The lowest BCUT2D eigenvalue weighted by Gasteiger charge is -2.31. The average molecular weight is 438 g/mol. The number of anilines is 1. The molecule has 10 heteroatoms. The molecule has 0 aliphatic carbocycles. The first-order chi connectivity index (χ1) is 15.4. The van der Waals surface area contributed by atoms with E-state index in [0.717, 1.165) is 10.3 Å². The lowest BCUT2D eigenvalue weighted by molar-refractivity contribution is -0.134. The normalized spacial score (nSPS) is 14.6. The number of carbonyl (C=O) groups is 2. The predicted molar refractivity (Wildman–Crippen MR) is 119 cm³/mol. The molecule has 10 nitrogen and oxygen atoms in total. The lowest BCUT2D eigenvalue weighted by Crippen LogP contribution is -2.41. The fourth-order valence-corrected chi connectivity index (χ4v) is 4.10. The Morgan fingerprint density at radius 2 is 1.75 bits per heavy atom.